The second-order valence-corrected chi connectivity index (χ2v) is 15.9. The van der Waals surface area contributed by atoms with Gasteiger partial charge in [0, 0.05) is 31.6 Å². The summed E-state index contributed by atoms with van der Waals surface area (Å²) in [6.45, 7) is 3.85. The molecule has 2 fully saturated rings. The minimum Gasteiger partial charge on any atom is -0.349 e. The first-order valence-electron chi connectivity index (χ1n) is 15.2. The quantitative estimate of drug-likeness (QED) is 0.338. The summed E-state index contributed by atoms with van der Waals surface area (Å²) in [4.78, 5) is 15.2. The highest BCUT2D eigenvalue weighted by Gasteiger charge is 2.30. The van der Waals surface area contributed by atoms with Crippen LogP contribution in [0.15, 0.2) is 77.7 Å². The van der Waals surface area contributed by atoms with Gasteiger partial charge in [0.25, 0.3) is 0 Å². The monoisotopic (exact) mass is 641 g/mol. The summed E-state index contributed by atoms with van der Waals surface area (Å²) in [7, 11) is -6.59. The number of sulfonamides is 1. The van der Waals surface area contributed by atoms with Crippen LogP contribution in [0.25, 0.3) is 11.1 Å². The highest BCUT2D eigenvalue weighted by molar-refractivity contribution is 7.91. The average Bonchev–Trinajstić information content (AvgIpc) is 3.01. The molecule has 8 nitrogen and oxygen atoms in total. The SMILES string of the molecule is C[C@@H](NC(=O)[C@H]1CC[C@H](NS(=O)(=O)c2ccc(-c3ccc(CCN4CCS(=O)(=O)CC4)cc3)cc2)CC1)c1ccc(F)cc1. The molecule has 3 aromatic carbocycles. The molecule has 1 saturated carbocycles. The van der Waals surface area contributed by atoms with Gasteiger partial charge in [-0.3, -0.25) is 4.79 Å². The molecule has 1 amide bonds. The summed E-state index contributed by atoms with van der Waals surface area (Å²) in [5, 5.41) is 3.00. The van der Waals surface area contributed by atoms with Crippen LogP contribution in [0, 0.1) is 11.7 Å². The van der Waals surface area contributed by atoms with E-state index in [9.17, 15) is 26.0 Å². The molecule has 11 heteroatoms. The Labute approximate surface area is 260 Å². The van der Waals surface area contributed by atoms with Crippen LogP contribution in [-0.2, 0) is 31.1 Å². The second kappa shape index (κ2) is 13.9. The first kappa shape index (κ1) is 32.3. The summed E-state index contributed by atoms with van der Waals surface area (Å²) < 4.78 is 65.5. The van der Waals surface area contributed by atoms with Gasteiger partial charge in [-0.1, -0.05) is 48.5 Å². The Morgan fingerprint density at radius 3 is 2.05 bits per heavy atom. The van der Waals surface area contributed by atoms with E-state index < -0.39 is 19.9 Å². The van der Waals surface area contributed by atoms with Gasteiger partial charge in [-0.15, -0.1) is 0 Å². The van der Waals surface area contributed by atoms with E-state index in [4.69, 9.17) is 0 Å². The largest absolute Gasteiger partial charge is 0.349 e. The molecule has 236 valence electrons. The Kier molecular flexibility index (Phi) is 10.2. The standard InChI is InChI=1S/C33H40FN3O5S2/c1-24(26-6-12-30(34)13-7-26)35-33(38)29-8-14-31(15-9-29)36-44(41,42)32-16-10-28(11-17-32)27-4-2-25(3-5-27)18-19-37-20-22-43(39,40)23-21-37/h2-7,10-13,16-17,24,29,31,36H,8-9,14-15,18-23H2,1H3,(H,35,38)/t24-,29-,31-/m1/s1. The topological polar surface area (TPSA) is 113 Å². The predicted molar refractivity (Wildman–Crippen MR) is 170 cm³/mol. The normalized spacial score (nSPS) is 21.4. The van der Waals surface area contributed by atoms with Crippen LogP contribution in [0.3, 0.4) is 0 Å². The highest BCUT2D eigenvalue weighted by Crippen LogP contribution is 2.28. The molecule has 0 bridgehead atoms. The molecule has 5 rings (SSSR count). The average molecular weight is 642 g/mol. The summed E-state index contributed by atoms with van der Waals surface area (Å²) in [5.74, 6) is -0.112. The summed E-state index contributed by atoms with van der Waals surface area (Å²) in [6, 6.07) is 20.6. The number of halogens is 1. The lowest BCUT2D eigenvalue weighted by Gasteiger charge is -2.29. The smallest absolute Gasteiger partial charge is 0.240 e. The van der Waals surface area contributed by atoms with Crippen molar-refractivity contribution in [2.45, 2.75) is 56.0 Å². The van der Waals surface area contributed by atoms with Crippen molar-refractivity contribution in [3.05, 3.63) is 89.7 Å². The van der Waals surface area contributed by atoms with Crippen LogP contribution in [0.1, 0.15) is 49.8 Å². The number of rotatable bonds is 10. The van der Waals surface area contributed by atoms with Crippen molar-refractivity contribution in [1.29, 1.82) is 0 Å². The molecule has 1 aliphatic heterocycles. The van der Waals surface area contributed by atoms with Gasteiger partial charge in [0.2, 0.25) is 15.9 Å². The fourth-order valence-electron chi connectivity index (χ4n) is 5.88. The molecule has 0 unspecified atom stereocenters. The number of benzene rings is 3. The Balaban J connectivity index is 1.09. The molecule has 1 saturated heterocycles. The number of sulfone groups is 1. The Morgan fingerprint density at radius 1 is 0.886 bits per heavy atom. The number of hydrogen-bond acceptors (Lipinski definition) is 6. The van der Waals surface area contributed by atoms with Crippen molar-refractivity contribution in [3.8, 4) is 11.1 Å². The van der Waals surface area contributed by atoms with E-state index in [0.29, 0.717) is 38.8 Å². The van der Waals surface area contributed by atoms with Crippen LogP contribution in [0.4, 0.5) is 4.39 Å². The van der Waals surface area contributed by atoms with E-state index in [1.807, 2.05) is 19.1 Å². The van der Waals surface area contributed by atoms with Gasteiger partial charge in [-0.05, 0) is 85.5 Å². The number of hydrogen-bond donors (Lipinski definition) is 2. The molecule has 2 aliphatic rings. The summed E-state index contributed by atoms with van der Waals surface area (Å²) in [5.41, 5.74) is 3.90. The molecule has 1 aliphatic carbocycles. The molecular weight excluding hydrogens is 602 g/mol. The van der Waals surface area contributed by atoms with E-state index in [0.717, 1.165) is 29.7 Å². The van der Waals surface area contributed by atoms with Crippen molar-refractivity contribution in [2.75, 3.05) is 31.1 Å². The molecule has 3 aromatic rings. The van der Waals surface area contributed by atoms with E-state index in [-0.39, 0.29) is 46.1 Å². The van der Waals surface area contributed by atoms with Crippen molar-refractivity contribution in [3.63, 3.8) is 0 Å². The summed E-state index contributed by atoms with van der Waals surface area (Å²) >= 11 is 0. The zero-order valence-electron chi connectivity index (χ0n) is 24.9. The van der Waals surface area contributed by atoms with Crippen molar-refractivity contribution in [2.24, 2.45) is 5.92 Å². The first-order chi connectivity index (χ1) is 21.0. The summed E-state index contributed by atoms with van der Waals surface area (Å²) in [6.07, 6.45) is 3.16. The lowest BCUT2D eigenvalue weighted by Crippen LogP contribution is -2.41. The van der Waals surface area contributed by atoms with Gasteiger partial charge < -0.3 is 10.2 Å². The molecule has 0 spiro atoms. The third kappa shape index (κ3) is 8.53. The number of amides is 1. The Bertz CT molecular complexity index is 1620. The van der Waals surface area contributed by atoms with Crippen LogP contribution < -0.4 is 10.0 Å². The maximum Gasteiger partial charge on any atom is 0.240 e. The number of carbonyl (C=O) groups excluding carboxylic acids is 1. The predicted octanol–water partition coefficient (Wildman–Crippen LogP) is 4.48. The van der Waals surface area contributed by atoms with Gasteiger partial charge in [-0.25, -0.2) is 25.9 Å². The molecule has 44 heavy (non-hydrogen) atoms. The lowest BCUT2D eigenvalue weighted by molar-refractivity contribution is -0.126. The van der Waals surface area contributed by atoms with Crippen molar-refractivity contribution < 1.29 is 26.0 Å². The molecule has 1 atom stereocenters. The van der Waals surface area contributed by atoms with E-state index in [2.05, 4.69) is 27.1 Å². The van der Waals surface area contributed by atoms with Gasteiger partial charge in [0.1, 0.15) is 5.82 Å². The van der Waals surface area contributed by atoms with E-state index in [1.54, 1.807) is 36.4 Å². The third-order valence-corrected chi connectivity index (χ3v) is 11.9. The molecule has 0 radical (unpaired) electrons. The van der Waals surface area contributed by atoms with Crippen LogP contribution >= 0.6 is 0 Å². The van der Waals surface area contributed by atoms with Crippen LogP contribution in [0.2, 0.25) is 0 Å². The second-order valence-electron chi connectivity index (χ2n) is 11.9. The van der Waals surface area contributed by atoms with Crippen molar-refractivity contribution in [1.82, 2.24) is 14.9 Å². The molecule has 0 aromatic heterocycles. The maximum absolute atomic E-state index is 13.2. The maximum atomic E-state index is 13.2. The number of nitrogens with one attached hydrogen (secondary N) is 2. The minimum atomic E-state index is -3.71. The van der Waals surface area contributed by atoms with Gasteiger partial charge in [-0.2, -0.15) is 0 Å². The van der Waals surface area contributed by atoms with Gasteiger partial charge in [0.15, 0.2) is 9.84 Å². The molecule has 1 heterocycles. The first-order valence-corrected chi connectivity index (χ1v) is 18.5. The number of nitrogens with zero attached hydrogens (tertiary/aromatic N) is 1. The van der Waals surface area contributed by atoms with E-state index in [1.165, 1.54) is 17.7 Å². The lowest BCUT2D eigenvalue weighted by atomic mass is 9.85. The minimum absolute atomic E-state index is 0.0635. The van der Waals surface area contributed by atoms with Crippen LogP contribution in [0.5, 0.6) is 0 Å². The Morgan fingerprint density at radius 2 is 1.45 bits per heavy atom. The van der Waals surface area contributed by atoms with Gasteiger partial charge >= 0.3 is 0 Å². The fourth-order valence-corrected chi connectivity index (χ4v) is 8.46. The molecule has 2 N–H and O–H groups in total. The zero-order chi connectivity index (χ0) is 31.3. The number of carbonyl (C=O) groups is 1. The molecular formula is C33H40FN3O5S2. The van der Waals surface area contributed by atoms with Crippen molar-refractivity contribution >= 4 is 25.8 Å². The van der Waals surface area contributed by atoms with Gasteiger partial charge in [0.05, 0.1) is 22.4 Å². The van der Waals surface area contributed by atoms with E-state index >= 15 is 0 Å². The highest BCUT2D eigenvalue weighted by atomic mass is 32.2. The fraction of sp³-hybridized carbons (Fsp3) is 0.424. The Hall–Kier alpha value is -3.12. The van der Waals surface area contributed by atoms with Crippen LogP contribution in [-0.4, -0.2) is 64.8 Å². The third-order valence-electron chi connectivity index (χ3n) is 8.75. The zero-order valence-corrected chi connectivity index (χ0v) is 26.5.